The van der Waals surface area contributed by atoms with Crippen LogP contribution >= 0.6 is 45.1 Å². The average molecular weight is 417 g/mol. The van der Waals surface area contributed by atoms with Crippen molar-refractivity contribution in [2.45, 2.75) is 45.6 Å². The Kier molecular flexibility index (Phi) is 3.59. The summed E-state index contributed by atoms with van der Waals surface area (Å²) in [5, 5.41) is 0. The standard InChI is InChI=1S/C21H20OS4/c1-18(2)17(22)19(3,4)21(18)24-20(25-26-21)13-9-5-7-11-15(13)23-16-12-8-6-10-14(16)20/h5-12H,1-4H3. The minimum absolute atomic E-state index is 0.121. The van der Waals surface area contributed by atoms with Crippen molar-refractivity contribution in [1.29, 1.82) is 0 Å². The minimum Gasteiger partial charge on any atom is -0.298 e. The van der Waals surface area contributed by atoms with E-state index in [4.69, 9.17) is 0 Å². The monoisotopic (exact) mass is 416 g/mol. The van der Waals surface area contributed by atoms with Gasteiger partial charge in [-0.1, -0.05) is 97.4 Å². The van der Waals surface area contributed by atoms with Gasteiger partial charge in [0.2, 0.25) is 0 Å². The van der Waals surface area contributed by atoms with E-state index in [1.54, 1.807) is 0 Å². The fourth-order valence-electron chi connectivity index (χ4n) is 4.73. The number of rotatable bonds is 0. The molecule has 134 valence electrons. The van der Waals surface area contributed by atoms with Crippen molar-refractivity contribution in [3.8, 4) is 0 Å². The maximum absolute atomic E-state index is 12.9. The van der Waals surface area contributed by atoms with Crippen molar-refractivity contribution < 1.29 is 4.79 Å². The number of ketones is 1. The van der Waals surface area contributed by atoms with Gasteiger partial charge in [-0.05, 0) is 23.3 Å². The highest BCUT2D eigenvalue weighted by molar-refractivity contribution is 8.83. The molecule has 2 aliphatic heterocycles. The zero-order chi connectivity index (χ0) is 18.4. The summed E-state index contributed by atoms with van der Waals surface area (Å²) in [5.74, 6) is 0.384. The van der Waals surface area contributed by atoms with Crippen molar-refractivity contribution in [3.05, 3.63) is 59.7 Å². The van der Waals surface area contributed by atoms with Crippen molar-refractivity contribution in [3.63, 3.8) is 0 Å². The first-order valence-corrected chi connectivity index (χ1v) is 12.5. The highest BCUT2D eigenvalue weighted by atomic mass is 33.1. The van der Waals surface area contributed by atoms with Crippen LogP contribution in [0.2, 0.25) is 0 Å². The lowest BCUT2D eigenvalue weighted by atomic mass is 9.53. The quantitative estimate of drug-likeness (QED) is 0.437. The van der Waals surface area contributed by atoms with Gasteiger partial charge in [-0.2, -0.15) is 0 Å². The minimum atomic E-state index is -0.323. The van der Waals surface area contributed by atoms with Gasteiger partial charge >= 0.3 is 0 Å². The summed E-state index contributed by atoms with van der Waals surface area (Å²) in [6.07, 6.45) is 0. The summed E-state index contributed by atoms with van der Waals surface area (Å²) in [4.78, 5) is 15.6. The Hall–Kier alpha value is -0.490. The Bertz CT molecular complexity index is 883. The van der Waals surface area contributed by atoms with Gasteiger partial charge < -0.3 is 0 Å². The molecule has 2 heterocycles. The molecule has 0 amide bonds. The van der Waals surface area contributed by atoms with Crippen LogP contribution in [0.1, 0.15) is 38.8 Å². The van der Waals surface area contributed by atoms with Crippen molar-refractivity contribution >= 4 is 50.9 Å². The van der Waals surface area contributed by atoms with E-state index >= 15 is 0 Å². The summed E-state index contributed by atoms with van der Waals surface area (Å²) in [5.41, 5.74) is 2.12. The van der Waals surface area contributed by atoms with Gasteiger partial charge in [0.25, 0.3) is 0 Å². The van der Waals surface area contributed by atoms with Crippen molar-refractivity contribution in [2.24, 2.45) is 10.8 Å². The van der Waals surface area contributed by atoms with Gasteiger partial charge in [-0.25, -0.2) is 0 Å². The molecule has 1 nitrogen and oxygen atoms in total. The van der Waals surface area contributed by atoms with Crippen LogP contribution in [-0.2, 0) is 8.87 Å². The molecule has 5 rings (SSSR count). The number of Topliss-reactive ketones (excluding diaryl/α,β-unsaturated/α-hetero) is 1. The number of carbonyl (C=O) groups is 1. The van der Waals surface area contributed by atoms with Crippen LogP contribution < -0.4 is 0 Å². The Morgan fingerprint density at radius 3 is 1.77 bits per heavy atom. The lowest BCUT2D eigenvalue weighted by Gasteiger charge is -2.62. The summed E-state index contributed by atoms with van der Waals surface area (Å²) in [7, 11) is 3.89. The number of benzene rings is 2. The fraction of sp³-hybridized carbons (Fsp3) is 0.381. The molecule has 2 spiro atoms. The third-order valence-corrected chi connectivity index (χ3v) is 14.6. The first kappa shape index (κ1) is 17.6. The zero-order valence-electron chi connectivity index (χ0n) is 15.2. The van der Waals surface area contributed by atoms with Gasteiger partial charge in [-0.15, -0.1) is 11.8 Å². The van der Waals surface area contributed by atoms with Crippen molar-refractivity contribution in [1.82, 2.24) is 0 Å². The van der Waals surface area contributed by atoms with E-state index in [0.29, 0.717) is 5.78 Å². The maximum Gasteiger partial charge on any atom is 0.148 e. The molecule has 2 fully saturated rings. The molecule has 0 radical (unpaired) electrons. The van der Waals surface area contributed by atoms with Crippen LogP contribution in [0.4, 0.5) is 0 Å². The second kappa shape index (κ2) is 5.31. The Morgan fingerprint density at radius 2 is 1.23 bits per heavy atom. The highest BCUT2D eigenvalue weighted by Gasteiger charge is 2.78. The molecule has 1 aliphatic carbocycles. The molecule has 0 N–H and O–H groups in total. The molecule has 26 heavy (non-hydrogen) atoms. The highest BCUT2D eigenvalue weighted by Crippen LogP contribution is 2.85. The van der Waals surface area contributed by atoms with Gasteiger partial charge in [-0.3, -0.25) is 4.79 Å². The first-order valence-electron chi connectivity index (χ1n) is 8.75. The van der Waals surface area contributed by atoms with Crippen LogP contribution in [0.15, 0.2) is 58.3 Å². The van der Waals surface area contributed by atoms with Gasteiger partial charge in [0.1, 0.15) is 9.86 Å². The summed E-state index contributed by atoms with van der Waals surface area (Å²) >= 11 is 3.88. The number of thioether (sulfide) groups is 1. The largest absolute Gasteiger partial charge is 0.298 e. The Labute approximate surface area is 171 Å². The molecule has 0 bridgehead atoms. The second-order valence-corrected chi connectivity index (χ2v) is 13.8. The molecule has 2 aromatic carbocycles. The third kappa shape index (κ3) is 1.84. The zero-order valence-corrected chi connectivity index (χ0v) is 18.4. The van der Waals surface area contributed by atoms with E-state index < -0.39 is 0 Å². The van der Waals surface area contributed by atoms with Crippen molar-refractivity contribution in [2.75, 3.05) is 0 Å². The predicted octanol–water partition coefficient (Wildman–Crippen LogP) is 6.81. The van der Waals surface area contributed by atoms with E-state index in [1.165, 1.54) is 20.9 Å². The summed E-state index contributed by atoms with van der Waals surface area (Å²) in [6, 6.07) is 17.6. The number of carbonyl (C=O) groups excluding carboxylic acids is 1. The molecule has 0 unspecified atom stereocenters. The van der Waals surface area contributed by atoms with Gasteiger partial charge in [0, 0.05) is 20.6 Å². The third-order valence-electron chi connectivity index (χ3n) is 6.05. The predicted molar refractivity (Wildman–Crippen MR) is 116 cm³/mol. The van der Waals surface area contributed by atoms with Crippen LogP contribution in [0.3, 0.4) is 0 Å². The average Bonchev–Trinajstić information content (AvgIpc) is 3.06. The van der Waals surface area contributed by atoms with Crippen LogP contribution in [0.25, 0.3) is 0 Å². The molecule has 1 saturated heterocycles. The molecular weight excluding hydrogens is 396 g/mol. The first-order chi connectivity index (χ1) is 12.3. The molecule has 2 aromatic rings. The molecule has 3 aliphatic rings. The van der Waals surface area contributed by atoms with E-state index in [-0.39, 0.29) is 19.0 Å². The maximum atomic E-state index is 12.9. The number of fused-ring (bicyclic) bond motifs is 4. The van der Waals surface area contributed by atoms with E-state index in [1.807, 2.05) is 45.1 Å². The van der Waals surface area contributed by atoms with Crippen LogP contribution in [0, 0.1) is 10.8 Å². The second-order valence-electron chi connectivity index (χ2n) is 8.18. The van der Waals surface area contributed by atoms with Gasteiger partial charge in [0.05, 0.1) is 4.08 Å². The Morgan fingerprint density at radius 1 is 0.731 bits per heavy atom. The SMILES string of the molecule is CC1(C)C(=O)C(C)(C)C12SSC1(S2)c2ccccc2Sc2ccccc21. The molecule has 5 heteroatoms. The van der Waals surface area contributed by atoms with Crippen LogP contribution in [-0.4, -0.2) is 9.86 Å². The topological polar surface area (TPSA) is 17.1 Å². The molecule has 0 atom stereocenters. The van der Waals surface area contributed by atoms with E-state index in [0.717, 1.165) is 0 Å². The van der Waals surface area contributed by atoms with Crippen LogP contribution in [0.5, 0.6) is 0 Å². The molecular formula is C21H20OS4. The van der Waals surface area contributed by atoms with E-state index in [9.17, 15) is 4.79 Å². The lowest BCUT2D eigenvalue weighted by Crippen LogP contribution is -2.70. The summed E-state index contributed by atoms with van der Waals surface area (Å²) < 4.78 is -0.275. The molecule has 1 saturated carbocycles. The normalized spacial score (nSPS) is 25.6. The smallest absolute Gasteiger partial charge is 0.148 e. The molecule has 0 aromatic heterocycles. The fourth-order valence-corrected chi connectivity index (χ4v) is 14.1. The van der Waals surface area contributed by atoms with Gasteiger partial charge in [0.15, 0.2) is 0 Å². The number of hydrogen-bond donors (Lipinski definition) is 0. The summed E-state index contributed by atoms with van der Waals surface area (Å²) in [6.45, 7) is 8.54. The lowest BCUT2D eigenvalue weighted by molar-refractivity contribution is -0.152. The van der Waals surface area contributed by atoms with E-state index in [2.05, 4.69) is 76.2 Å². The Balaban J connectivity index is 1.73. The number of hydrogen-bond acceptors (Lipinski definition) is 5.